The number of methoxy groups -OCH3 is 1. The Morgan fingerprint density at radius 1 is 1.47 bits per heavy atom. The van der Waals surface area contributed by atoms with Crippen molar-refractivity contribution < 1.29 is 18.3 Å². The van der Waals surface area contributed by atoms with Crippen molar-refractivity contribution in [1.82, 2.24) is 5.32 Å². The molecule has 0 spiro atoms. The molecule has 2 N–H and O–H groups in total. The van der Waals surface area contributed by atoms with Gasteiger partial charge in [-0.05, 0) is 19.0 Å². The molecule has 2 rings (SSSR count). The van der Waals surface area contributed by atoms with Crippen molar-refractivity contribution in [3.63, 3.8) is 0 Å². The molecule has 1 unspecified atom stereocenters. The lowest BCUT2D eigenvalue weighted by molar-refractivity contribution is -0.121. The summed E-state index contributed by atoms with van der Waals surface area (Å²) < 4.78 is 31.5. The molecule has 1 heterocycles. The monoisotopic (exact) mass is 270 g/mol. The van der Waals surface area contributed by atoms with E-state index < -0.39 is 11.6 Å². The molecular formula is C13H16F2N2O2. The van der Waals surface area contributed by atoms with E-state index in [1.807, 2.05) is 0 Å². The van der Waals surface area contributed by atoms with E-state index in [0.29, 0.717) is 6.07 Å². The van der Waals surface area contributed by atoms with Gasteiger partial charge in [-0.3, -0.25) is 4.79 Å². The normalized spacial score (nSPS) is 16.6. The standard InChI is InChI=1S/C13H16F2N2O2/c1-7(8-5-16-6-8)13(18)17-11-4-9(14)3-10(15)12(11)19-2/h3-4,7-8,16H,5-6H2,1-2H3,(H,17,18). The molecule has 19 heavy (non-hydrogen) atoms. The molecule has 0 radical (unpaired) electrons. The van der Waals surface area contributed by atoms with E-state index in [1.165, 1.54) is 7.11 Å². The summed E-state index contributed by atoms with van der Waals surface area (Å²) in [6.45, 7) is 3.36. The fourth-order valence-corrected chi connectivity index (χ4v) is 1.99. The molecule has 4 nitrogen and oxygen atoms in total. The van der Waals surface area contributed by atoms with Crippen molar-refractivity contribution in [1.29, 1.82) is 0 Å². The van der Waals surface area contributed by atoms with Crippen LogP contribution in [0, 0.1) is 23.5 Å². The molecule has 0 aliphatic carbocycles. The second kappa shape index (κ2) is 5.52. The van der Waals surface area contributed by atoms with Gasteiger partial charge >= 0.3 is 0 Å². The number of carbonyl (C=O) groups excluding carboxylic acids is 1. The number of ether oxygens (including phenoxy) is 1. The molecule has 1 atom stereocenters. The Bertz CT molecular complexity index is 490. The van der Waals surface area contributed by atoms with Gasteiger partial charge in [0, 0.05) is 18.1 Å². The lowest BCUT2D eigenvalue weighted by atomic mass is 9.88. The maximum absolute atomic E-state index is 13.5. The van der Waals surface area contributed by atoms with Crippen LogP contribution in [0.1, 0.15) is 6.92 Å². The maximum Gasteiger partial charge on any atom is 0.227 e. The van der Waals surface area contributed by atoms with Gasteiger partial charge in [-0.2, -0.15) is 0 Å². The van der Waals surface area contributed by atoms with Crippen LogP contribution in [0.4, 0.5) is 14.5 Å². The van der Waals surface area contributed by atoms with Gasteiger partial charge in [-0.1, -0.05) is 6.92 Å². The summed E-state index contributed by atoms with van der Waals surface area (Å²) in [7, 11) is 1.27. The average molecular weight is 270 g/mol. The number of hydrogen-bond acceptors (Lipinski definition) is 3. The molecule has 1 fully saturated rings. The summed E-state index contributed by atoms with van der Waals surface area (Å²) in [5, 5.41) is 5.60. The van der Waals surface area contributed by atoms with Crippen LogP contribution in [0.3, 0.4) is 0 Å². The van der Waals surface area contributed by atoms with Crippen molar-refractivity contribution in [2.24, 2.45) is 11.8 Å². The highest BCUT2D eigenvalue weighted by molar-refractivity contribution is 5.94. The molecule has 1 saturated heterocycles. The third-order valence-corrected chi connectivity index (χ3v) is 3.40. The lowest BCUT2D eigenvalue weighted by Crippen LogP contribution is -2.48. The number of nitrogens with one attached hydrogen (secondary N) is 2. The molecule has 6 heteroatoms. The molecule has 1 aromatic rings. The second-order valence-corrected chi connectivity index (χ2v) is 4.66. The van der Waals surface area contributed by atoms with Gasteiger partial charge in [-0.15, -0.1) is 0 Å². The topological polar surface area (TPSA) is 50.4 Å². The Hall–Kier alpha value is -1.69. The van der Waals surface area contributed by atoms with Crippen LogP contribution in [0.15, 0.2) is 12.1 Å². The largest absolute Gasteiger partial charge is 0.492 e. The van der Waals surface area contributed by atoms with Crippen LogP contribution >= 0.6 is 0 Å². The highest BCUT2D eigenvalue weighted by Crippen LogP contribution is 2.30. The Labute approximate surface area is 110 Å². The van der Waals surface area contributed by atoms with E-state index in [4.69, 9.17) is 4.74 Å². The summed E-state index contributed by atoms with van der Waals surface area (Å²) in [6, 6.07) is 1.76. The molecule has 0 saturated carbocycles. The number of anilines is 1. The van der Waals surface area contributed by atoms with Crippen LogP contribution in [0.2, 0.25) is 0 Å². The van der Waals surface area contributed by atoms with Crippen molar-refractivity contribution in [3.8, 4) is 5.75 Å². The molecule has 1 amide bonds. The lowest BCUT2D eigenvalue weighted by Gasteiger charge is -2.31. The van der Waals surface area contributed by atoms with Gasteiger partial charge in [0.15, 0.2) is 11.6 Å². The number of halogens is 2. The van der Waals surface area contributed by atoms with Crippen molar-refractivity contribution in [3.05, 3.63) is 23.8 Å². The maximum atomic E-state index is 13.5. The summed E-state index contributed by atoms with van der Waals surface area (Å²) >= 11 is 0. The first-order chi connectivity index (χ1) is 9.02. The van der Waals surface area contributed by atoms with Crippen molar-refractivity contribution in [2.75, 3.05) is 25.5 Å². The first-order valence-corrected chi connectivity index (χ1v) is 6.07. The van der Waals surface area contributed by atoms with Crippen LogP contribution in [-0.2, 0) is 4.79 Å². The zero-order chi connectivity index (χ0) is 14.0. The molecule has 1 aromatic carbocycles. The first kappa shape index (κ1) is 13.7. The minimum absolute atomic E-state index is 0.0177. The number of amides is 1. The molecule has 0 bridgehead atoms. The van der Waals surface area contributed by atoms with E-state index in [9.17, 15) is 13.6 Å². The summed E-state index contributed by atoms with van der Waals surface area (Å²) in [6.07, 6.45) is 0. The third kappa shape index (κ3) is 2.84. The van der Waals surface area contributed by atoms with Crippen LogP contribution in [-0.4, -0.2) is 26.1 Å². The fourth-order valence-electron chi connectivity index (χ4n) is 1.99. The molecular weight excluding hydrogens is 254 g/mol. The fraction of sp³-hybridized carbons (Fsp3) is 0.462. The number of hydrogen-bond donors (Lipinski definition) is 2. The Balaban J connectivity index is 2.15. The minimum Gasteiger partial charge on any atom is -0.492 e. The van der Waals surface area contributed by atoms with Gasteiger partial charge in [0.2, 0.25) is 5.91 Å². The predicted octanol–water partition coefficient (Wildman–Crippen LogP) is 1.77. The van der Waals surface area contributed by atoms with Gasteiger partial charge in [-0.25, -0.2) is 8.78 Å². The Kier molecular flexibility index (Phi) is 3.99. The average Bonchev–Trinajstić information content (AvgIpc) is 2.25. The molecule has 1 aliphatic rings. The quantitative estimate of drug-likeness (QED) is 0.876. The van der Waals surface area contributed by atoms with E-state index >= 15 is 0 Å². The summed E-state index contributed by atoms with van der Waals surface area (Å²) in [5.41, 5.74) is 0.0177. The molecule has 1 aliphatic heterocycles. The number of rotatable bonds is 4. The van der Waals surface area contributed by atoms with Gasteiger partial charge in [0.1, 0.15) is 5.82 Å². The minimum atomic E-state index is -0.837. The molecule has 104 valence electrons. The first-order valence-electron chi connectivity index (χ1n) is 6.07. The Morgan fingerprint density at radius 2 is 2.16 bits per heavy atom. The predicted molar refractivity (Wildman–Crippen MR) is 67.1 cm³/mol. The summed E-state index contributed by atoms with van der Waals surface area (Å²) in [5.74, 6) is -1.99. The highest BCUT2D eigenvalue weighted by atomic mass is 19.1. The van der Waals surface area contributed by atoms with Gasteiger partial charge < -0.3 is 15.4 Å². The smallest absolute Gasteiger partial charge is 0.227 e. The van der Waals surface area contributed by atoms with Crippen LogP contribution < -0.4 is 15.4 Å². The zero-order valence-electron chi connectivity index (χ0n) is 10.8. The van der Waals surface area contributed by atoms with Gasteiger partial charge in [0.25, 0.3) is 0 Å². The Morgan fingerprint density at radius 3 is 2.68 bits per heavy atom. The highest BCUT2D eigenvalue weighted by Gasteiger charge is 2.29. The number of benzene rings is 1. The van der Waals surface area contributed by atoms with Crippen LogP contribution in [0.5, 0.6) is 5.75 Å². The second-order valence-electron chi connectivity index (χ2n) is 4.66. The zero-order valence-corrected chi connectivity index (χ0v) is 10.8. The SMILES string of the molecule is COc1c(F)cc(F)cc1NC(=O)C(C)C1CNC1. The van der Waals surface area contributed by atoms with Crippen LogP contribution in [0.25, 0.3) is 0 Å². The van der Waals surface area contributed by atoms with Crippen molar-refractivity contribution >= 4 is 11.6 Å². The summed E-state index contributed by atoms with van der Waals surface area (Å²) in [4.78, 5) is 12.0. The third-order valence-electron chi connectivity index (χ3n) is 3.40. The van der Waals surface area contributed by atoms with E-state index in [2.05, 4.69) is 10.6 Å². The van der Waals surface area contributed by atoms with Crippen molar-refractivity contribution in [2.45, 2.75) is 6.92 Å². The number of carbonyl (C=O) groups is 1. The van der Waals surface area contributed by atoms with E-state index in [-0.39, 0.29) is 29.2 Å². The van der Waals surface area contributed by atoms with E-state index in [1.54, 1.807) is 6.92 Å². The van der Waals surface area contributed by atoms with E-state index in [0.717, 1.165) is 19.2 Å². The molecule has 0 aromatic heterocycles. The van der Waals surface area contributed by atoms with Gasteiger partial charge in [0.05, 0.1) is 12.8 Å².